The molecule has 1 aromatic carbocycles. The normalized spacial score (nSPS) is 10.4. The number of aromatic nitrogens is 2. The van der Waals surface area contributed by atoms with Gasteiger partial charge in [0, 0.05) is 23.3 Å². The molecular formula is C10H10BrN3. The average Bonchev–Trinajstić information content (AvgIpc) is 2.47. The number of anilines is 1. The topological polar surface area (TPSA) is 43.8 Å². The van der Waals surface area contributed by atoms with E-state index >= 15 is 0 Å². The minimum atomic E-state index is 0.565. The SMILES string of the molecule is Cn1cc(-c2ccc(Br)cc2)c(N)n1. The molecule has 0 atom stereocenters. The minimum Gasteiger partial charge on any atom is -0.382 e. The molecule has 0 radical (unpaired) electrons. The lowest BCUT2D eigenvalue weighted by Crippen LogP contribution is -1.90. The van der Waals surface area contributed by atoms with Crippen LogP contribution >= 0.6 is 15.9 Å². The van der Waals surface area contributed by atoms with E-state index in [9.17, 15) is 0 Å². The van der Waals surface area contributed by atoms with Crippen LogP contribution in [-0.2, 0) is 7.05 Å². The van der Waals surface area contributed by atoms with Crippen LogP contribution in [0, 0.1) is 0 Å². The molecular weight excluding hydrogens is 242 g/mol. The maximum absolute atomic E-state index is 5.77. The van der Waals surface area contributed by atoms with E-state index in [1.165, 1.54) is 0 Å². The minimum absolute atomic E-state index is 0.565. The molecule has 1 aromatic heterocycles. The smallest absolute Gasteiger partial charge is 0.153 e. The number of hydrogen-bond donors (Lipinski definition) is 1. The fraction of sp³-hybridized carbons (Fsp3) is 0.100. The number of nitrogens with zero attached hydrogens (tertiary/aromatic N) is 2. The van der Waals surface area contributed by atoms with Gasteiger partial charge in [0.1, 0.15) is 0 Å². The van der Waals surface area contributed by atoms with Crippen molar-refractivity contribution in [3.8, 4) is 11.1 Å². The molecule has 0 aliphatic carbocycles. The highest BCUT2D eigenvalue weighted by Gasteiger charge is 2.05. The molecule has 0 unspecified atom stereocenters. The Morgan fingerprint density at radius 3 is 2.43 bits per heavy atom. The first kappa shape index (κ1) is 9.27. The van der Waals surface area contributed by atoms with Crippen LogP contribution in [0.25, 0.3) is 11.1 Å². The fourth-order valence-corrected chi connectivity index (χ4v) is 1.62. The van der Waals surface area contributed by atoms with E-state index in [-0.39, 0.29) is 0 Å². The second kappa shape index (κ2) is 3.46. The van der Waals surface area contributed by atoms with Gasteiger partial charge >= 0.3 is 0 Å². The third-order valence-corrected chi connectivity index (χ3v) is 2.54. The summed E-state index contributed by atoms with van der Waals surface area (Å²) in [5, 5.41) is 4.09. The van der Waals surface area contributed by atoms with Crippen LogP contribution in [-0.4, -0.2) is 9.78 Å². The maximum atomic E-state index is 5.77. The van der Waals surface area contributed by atoms with Gasteiger partial charge < -0.3 is 5.73 Å². The van der Waals surface area contributed by atoms with E-state index in [2.05, 4.69) is 21.0 Å². The molecule has 2 N–H and O–H groups in total. The number of nitrogens with two attached hydrogens (primary N) is 1. The first-order valence-electron chi connectivity index (χ1n) is 4.22. The van der Waals surface area contributed by atoms with Gasteiger partial charge in [-0.3, -0.25) is 4.68 Å². The quantitative estimate of drug-likeness (QED) is 0.847. The standard InChI is InChI=1S/C10H10BrN3/c1-14-6-9(10(12)13-14)7-2-4-8(11)5-3-7/h2-6H,1H3,(H2,12,13). The van der Waals surface area contributed by atoms with Crippen molar-refractivity contribution < 1.29 is 0 Å². The van der Waals surface area contributed by atoms with Gasteiger partial charge in [-0.1, -0.05) is 28.1 Å². The largest absolute Gasteiger partial charge is 0.382 e. The lowest BCUT2D eigenvalue weighted by molar-refractivity contribution is 0.772. The van der Waals surface area contributed by atoms with E-state index in [0.717, 1.165) is 15.6 Å². The van der Waals surface area contributed by atoms with Gasteiger partial charge in [0.2, 0.25) is 0 Å². The molecule has 0 bridgehead atoms. The molecule has 0 amide bonds. The molecule has 0 aliphatic rings. The zero-order valence-electron chi connectivity index (χ0n) is 7.74. The summed E-state index contributed by atoms with van der Waals surface area (Å²) in [6, 6.07) is 8.00. The van der Waals surface area contributed by atoms with E-state index in [1.807, 2.05) is 37.5 Å². The molecule has 2 aromatic rings. The van der Waals surface area contributed by atoms with Crippen LogP contribution < -0.4 is 5.73 Å². The van der Waals surface area contributed by atoms with Crippen LogP contribution in [0.1, 0.15) is 0 Å². The molecule has 1 heterocycles. The number of hydrogen-bond acceptors (Lipinski definition) is 2. The van der Waals surface area contributed by atoms with Crippen molar-refractivity contribution in [3.05, 3.63) is 34.9 Å². The predicted molar refractivity (Wildman–Crippen MR) is 60.8 cm³/mol. The van der Waals surface area contributed by atoms with Crippen molar-refractivity contribution in [2.75, 3.05) is 5.73 Å². The summed E-state index contributed by atoms with van der Waals surface area (Å²) in [5.74, 6) is 0.565. The van der Waals surface area contributed by atoms with Gasteiger partial charge in [0.15, 0.2) is 5.82 Å². The van der Waals surface area contributed by atoms with E-state index in [1.54, 1.807) is 4.68 Å². The monoisotopic (exact) mass is 251 g/mol. The molecule has 0 aliphatic heterocycles. The summed E-state index contributed by atoms with van der Waals surface area (Å²) < 4.78 is 2.77. The van der Waals surface area contributed by atoms with Crippen LogP contribution in [0.2, 0.25) is 0 Å². The third kappa shape index (κ3) is 1.65. The highest BCUT2D eigenvalue weighted by atomic mass is 79.9. The zero-order valence-corrected chi connectivity index (χ0v) is 9.32. The molecule has 0 spiro atoms. The van der Waals surface area contributed by atoms with Gasteiger partial charge in [0.25, 0.3) is 0 Å². The van der Waals surface area contributed by atoms with Crippen LogP contribution in [0.4, 0.5) is 5.82 Å². The Bertz CT molecular complexity index is 445. The van der Waals surface area contributed by atoms with E-state index < -0.39 is 0 Å². The highest BCUT2D eigenvalue weighted by Crippen LogP contribution is 2.25. The molecule has 0 saturated carbocycles. The van der Waals surface area contributed by atoms with Crippen molar-refractivity contribution >= 4 is 21.7 Å². The van der Waals surface area contributed by atoms with Crippen molar-refractivity contribution in [2.45, 2.75) is 0 Å². The van der Waals surface area contributed by atoms with Crippen molar-refractivity contribution in [3.63, 3.8) is 0 Å². The van der Waals surface area contributed by atoms with E-state index in [4.69, 9.17) is 5.73 Å². The number of nitrogen functional groups attached to an aromatic ring is 1. The maximum Gasteiger partial charge on any atom is 0.153 e. The molecule has 2 rings (SSSR count). The van der Waals surface area contributed by atoms with Crippen molar-refractivity contribution in [1.29, 1.82) is 0 Å². The Labute approximate surface area is 90.7 Å². The number of halogens is 1. The Balaban J connectivity index is 2.49. The number of aryl methyl sites for hydroxylation is 1. The molecule has 0 saturated heterocycles. The Morgan fingerprint density at radius 2 is 1.93 bits per heavy atom. The molecule has 3 nitrogen and oxygen atoms in total. The van der Waals surface area contributed by atoms with Gasteiger partial charge in [-0.25, -0.2) is 0 Å². The van der Waals surface area contributed by atoms with Gasteiger partial charge in [-0.2, -0.15) is 5.10 Å². The summed E-state index contributed by atoms with van der Waals surface area (Å²) >= 11 is 3.39. The van der Waals surface area contributed by atoms with Crippen LogP contribution in [0.15, 0.2) is 34.9 Å². The summed E-state index contributed by atoms with van der Waals surface area (Å²) in [5.41, 5.74) is 7.82. The first-order valence-corrected chi connectivity index (χ1v) is 5.01. The Kier molecular flexibility index (Phi) is 2.29. The summed E-state index contributed by atoms with van der Waals surface area (Å²) in [7, 11) is 1.86. The molecule has 4 heteroatoms. The number of benzene rings is 1. The first-order chi connectivity index (χ1) is 6.66. The summed E-state index contributed by atoms with van der Waals surface area (Å²) in [6.45, 7) is 0. The molecule has 0 fully saturated rings. The molecule has 14 heavy (non-hydrogen) atoms. The van der Waals surface area contributed by atoms with Crippen LogP contribution in [0.5, 0.6) is 0 Å². The summed E-state index contributed by atoms with van der Waals surface area (Å²) in [4.78, 5) is 0. The average molecular weight is 252 g/mol. The van der Waals surface area contributed by atoms with Gasteiger partial charge in [-0.15, -0.1) is 0 Å². The van der Waals surface area contributed by atoms with Crippen molar-refractivity contribution in [2.24, 2.45) is 7.05 Å². The van der Waals surface area contributed by atoms with Crippen LogP contribution in [0.3, 0.4) is 0 Å². The second-order valence-electron chi connectivity index (χ2n) is 3.11. The van der Waals surface area contributed by atoms with E-state index in [0.29, 0.717) is 5.82 Å². The number of rotatable bonds is 1. The predicted octanol–water partition coefficient (Wildman–Crippen LogP) is 2.43. The lowest BCUT2D eigenvalue weighted by atomic mass is 10.1. The van der Waals surface area contributed by atoms with Gasteiger partial charge in [-0.05, 0) is 17.7 Å². The Hall–Kier alpha value is -1.29. The lowest BCUT2D eigenvalue weighted by Gasteiger charge is -1.98. The van der Waals surface area contributed by atoms with Crippen molar-refractivity contribution in [1.82, 2.24) is 9.78 Å². The van der Waals surface area contributed by atoms with Gasteiger partial charge in [0.05, 0.1) is 0 Å². The third-order valence-electron chi connectivity index (χ3n) is 2.01. The second-order valence-corrected chi connectivity index (χ2v) is 4.02. The highest BCUT2D eigenvalue weighted by molar-refractivity contribution is 9.10. The molecule has 72 valence electrons. The zero-order chi connectivity index (χ0) is 10.1. The Morgan fingerprint density at radius 1 is 1.29 bits per heavy atom. The fourth-order valence-electron chi connectivity index (χ4n) is 1.36. The summed E-state index contributed by atoms with van der Waals surface area (Å²) in [6.07, 6.45) is 1.92.